The largest absolute Gasteiger partial charge is 0.489 e. The maximum atomic E-state index is 13.0. The summed E-state index contributed by atoms with van der Waals surface area (Å²) < 4.78 is 19.0. The molecule has 2 aromatic rings. The van der Waals surface area contributed by atoms with Gasteiger partial charge in [0.25, 0.3) is 0 Å². The van der Waals surface area contributed by atoms with Gasteiger partial charge in [-0.05, 0) is 45.8 Å². The van der Waals surface area contributed by atoms with Crippen LogP contribution in [0.3, 0.4) is 0 Å². The Balaban J connectivity index is 2.06. The Hall–Kier alpha value is -1.26. The van der Waals surface area contributed by atoms with E-state index in [1.165, 1.54) is 6.07 Å². The summed E-state index contributed by atoms with van der Waals surface area (Å²) in [6, 6.07) is 9.79. The predicted octanol–water partition coefficient (Wildman–Crippen LogP) is 4.40. The smallest absolute Gasteiger partial charge is 0.137 e. The first-order valence-electron chi connectivity index (χ1n) is 5.18. The lowest BCUT2D eigenvalue weighted by molar-refractivity contribution is 0.306. The van der Waals surface area contributed by atoms with Crippen LogP contribution in [0.4, 0.5) is 10.1 Å². The number of benzene rings is 2. The summed E-state index contributed by atoms with van der Waals surface area (Å²) in [5, 5.41) is 0.452. The SMILES string of the molecule is Nc1ccc(OCc2ccc(F)c(Br)c2)cc1Cl. The highest BCUT2D eigenvalue weighted by molar-refractivity contribution is 9.10. The minimum absolute atomic E-state index is 0.297. The highest BCUT2D eigenvalue weighted by Gasteiger charge is 2.03. The van der Waals surface area contributed by atoms with Gasteiger partial charge in [-0.2, -0.15) is 0 Å². The van der Waals surface area contributed by atoms with Gasteiger partial charge < -0.3 is 10.5 Å². The van der Waals surface area contributed by atoms with Crippen molar-refractivity contribution in [3.05, 3.63) is 57.3 Å². The molecule has 0 unspecified atom stereocenters. The van der Waals surface area contributed by atoms with E-state index < -0.39 is 0 Å². The second-order valence-electron chi connectivity index (χ2n) is 3.72. The molecule has 0 aromatic heterocycles. The van der Waals surface area contributed by atoms with E-state index in [9.17, 15) is 4.39 Å². The van der Waals surface area contributed by atoms with Crippen molar-refractivity contribution in [2.45, 2.75) is 6.61 Å². The van der Waals surface area contributed by atoms with E-state index >= 15 is 0 Å². The molecule has 0 saturated heterocycles. The summed E-state index contributed by atoms with van der Waals surface area (Å²) >= 11 is 9.00. The van der Waals surface area contributed by atoms with Crippen LogP contribution in [0.1, 0.15) is 5.56 Å². The maximum absolute atomic E-state index is 13.0. The van der Waals surface area contributed by atoms with Gasteiger partial charge in [0.1, 0.15) is 18.2 Å². The van der Waals surface area contributed by atoms with Crippen molar-refractivity contribution in [1.29, 1.82) is 0 Å². The Morgan fingerprint density at radius 3 is 2.67 bits per heavy atom. The second-order valence-corrected chi connectivity index (χ2v) is 4.98. The lowest BCUT2D eigenvalue weighted by Gasteiger charge is -2.08. The van der Waals surface area contributed by atoms with Gasteiger partial charge >= 0.3 is 0 Å². The third-order valence-corrected chi connectivity index (χ3v) is 3.30. The molecule has 0 saturated carbocycles. The first-order chi connectivity index (χ1) is 8.56. The zero-order valence-corrected chi connectivity index (χ0v) is 11.6. The Kier molecular flexibility index (Phi) is 4.09. The summed E-state index contributed by atoms with van der Waals surface area (Å²) in [6.45, 7) is 0.332. The lowest BCUT2D eigenvalue weighted by atomic mass is 10.2. The lowest BCUT2D eigenvalue weighted by Crippen LogP contribution is -1.96. The van der Waals surface area contributed by atoms with Gasteiger partial charge in [-0.25, -0.2) is 4.39 Å². The summed E-state index contributed by atoms with van der Waals surface area (Å²) in [5.41, 5.74) is 6.96. The van der Waals surface area contributed by atoms with Gasteiger partial charge in [-0.1, -0.05) is 17.7 Å². The van der Waals surface area contributed by atoms with E-state index in [4.69, 9.17) is 22.1 Å². The van der Waals surface area contributed by atoms with E-state index in [1.807, 2.05) is 0 Å². The van der Waals surface area contributed by atoms with E-state index in [0.29, 0.717) is 27.5 Å². The van der Waals surface area contributed by atoms with Gasteiger partial charge in [-0.15, -0.1) is 0 Å². The number of hydrogen-bond donors (Lipinski definition) is 1. The number of nitrogens with two attached hydrogens (primary N) is 1. The van der Waals surface area contributed by atoms with E-state index in [0.717, 1.165) is 5.56 Å². The van der Waals surface area contributed by atoms with Crippen LogP contribution in [0, 0.1) is 5.82 Å². The first kappa shape index (κ1) is 13.2. The molecule has 2 aromatic carbocycles. The molecule has 0 spiro atoms. The molecule has 2 N–H and O–H groups in total. The molecule has 0 fully saturated rings. The number of ether oxygens (including phenoxy) is 1. The Morgan fingerprint density at radius 2 is 2.00 bits per heavy atom. The van der Waals surface area contributed by atoms with Crippen molar-refractivity contribution < 1.29 is 9.13 Å². The molecule has 0 atom stereocenters. The quantitative estimate of drug-likeness (QED) is 0.846. The van der Waals surface area contributed by atoms with Gasteiger partial charge in [0.15, 0.2) is 0 Å². The van der Waals surface area contributed by atoms with Crippen LogP contribution < -0.4 is 10.5 Å². The Labute approximate surface area is 118 Å². The van der Waals surface area contributed by atoms with Crippen molar-refractivity contribution in [2.75, 3.05) is 5.73 Å². The molecular formula is C13H10BrClFNO. The second kappa shape index (κ2) is 5.59. The summed E-state index contributed by atoms with van der Waals surface area (Å²) in [5.74, 6) is 0.323. The number of hydrogen-bond acceptors (Lipinski definition) is 2. The van der Waals surface area contributed by atoms with E-state index in [2.05, 4.69) is 15.9 Å². The van der Waals surface area contributed by atoms with E-state index in [1.54, 1.807) is 30.3 Å². The first-order valence-corrected chi connectivity index (χ1v) is 6.35. The molecule has 0 heterocycles. The molecule has 0 bridgehead atoms. The van der Waals surface area contributed by atoms with Crippen LogP contribution in [-0.4, -0.2) is 0 Å². The fraction of sp³-hybridized carbons (Fsp3) is 0.0769. The number of halogens is 3. The predicted molar refractivity (Wildman–Crippen MR) is 74.3 cm³/mol. The fourth-order valence-corrected chi connectivity index (χ4v) is 1.99. The summed E-state index contributed by atoms with van der Waals surface area (Å²) in [4.78, 5) is 0. The van der Waals surface area contributed by atoms with Crippen LogP contribution >= 0.6 is 27.5 Å². The highest BCUT2D eigenvalue weighted by atomic mass is 79.9. The average molecular weight is 331 g/mol. The molecule has 94 valence electrons. The Morgan fingerprint density at radius 1 is 1.22 bits per heavy atom. The summed E-state index contributed by atoms with van der Waals surface area (Å²) in [7, 11) is 0. The van der Waals surface area contributed by atoms with Gasteiger partial charge in [0, 0.05) is 6.07 Å². The van der Waals surface area contributed by atoms with Crippen LogP contribution in [-0.2, 0) is 6.61 Å². The van der Waals surface area contributed by atoms with Crippen molar-refractivity contribution >= 4 is 33.2 Å². The van der Waals surface area contributed by atoms with E-state index in [-0.39, 0.29) is 5.82 Å². The monoisotopic (exact) mass is 329 g/mol. The molecule has 0 aliphatic carbocycles. The zero-order valence-electron chi connectivity index (χ0n) is 9.29. The Bertz CT molecular complexity index is 525. The van der Waals surface area contributed by atoms with Crippen LogP contribution in [0.25, 0.3) is 0 Å². The minimum Gasteiger partial charge on any atom is -0.489 e. The topological polar surface area (TPSA) is 35.2 Å². The molecule has 0 aliphatic rings. The van der Waals surface area contributed by atoms with Gasteiger partial charge in [0.2, 0.25) is 0 Å². The average Bonchev–Trinajstić information content (AvgIpc) is 2.35. The molecule has 0 amide bonds. The number of anilines is 1. The molecule has 2 rings (SSSR count). The standard InChI is InChI=1S/C13H10BrClFNO/c14-10-5-8(1-3-12(10)16)7-18-9-2-4-13(17)11(15)6-9/h1-6H,7,17H2. The third-order valence-electron chi connectivity index (χ3n) is 2.36. The van der Waals surface area contributed by atoms with Crippen molar-refractivity contribution in [3.63, 3.8) is 0 Å². The van der Waals surface area contributed by atoms with Crippen molar-refractivity contribution in [2.24, 2.45) is 0 Å². The molecular weight excluding hydrogens is 321 g/mol. The molecule has 0 aliphatic heterocycles. The summed E-state index contributed by atoms with van der Waals surface area (Å²) in [6.07, 6.45) is 0. The minimum atomic E-state index is -0.297. The van der Waals surface area contributed by atoms with Crippen molar-refractivity contribution in [1.82, 2.24) is 0 Å². The van der Waals surface area contributed by atoms with Gasteiger partial charge in [-0.3, -0.25) is 0 Å². The zero-order chi connectivity index (χ0) is 13.1. The molecule has 5 heteroatoms. The molecule has 0 radical (unpaired) electrons. The van der Waals surface area contributed by atoms with Crippen LogP contribution in [0.15, 0.2) is 40.9 Å². The third kappa shape index (κ3) is 3.15. The van der Waals surface area contributed by atoms with Crippen LogP contribution in [0.5, 0.6) is 5.75 Å². The van der Waals surface area contributed by atoms with Crippen molar-refractivity contribution in [3.8, 4) is 5.75 Å². The number of nitrogen functional groups attached to an aromatic ring is 1. The molecule has 18 heavy (non-hydrogen) atoms. The van der Waals surface area contributed by atoms with Gasteiger partial charge in [0.05, 0.1) is 15.2 Å². The fourth-order valence-electron chi connectivity index (χ4n) is 1.39. The van der Waals surface area contributed by atoms with Crippen LogP contribution in [0.2, 0.25) is 5.02 Å². The maximum Gasteiger partial charge on any atom is 0.137 e. The molecule has 2 nitrogen and oxygen atoms in total. The highest BCUT2D eigenvalue weighted by Crippen LogP contribution is 2.25. The normalized spacial score (nSPS) is 10.4. The number of rotatable bonds is 3.